The molecule has 35 heavy (non-hydrogen) atoms. The molecule has 4 rings (SSSR count). The number of carbonyl (C=O) groups excluding carboxylic acids is 2. The molecule has 0 aromatic heterocycles. The molecule has 3 N–H and O–H groups in total. The zero-order valence-electron chi connectivity index (χ0n) is 19.5. The summed E-state index contributed by atoms with van der Waals surface area (Å²) in [5, 5.41) is 12.2. The molecule has 1 spiro atoms. The number of primary amides is 1. The number of nitriles is 1. The molecule has 0 unspecified atom stereocenters. The van der Waals surface area contributed by atoms with Gasteiger partial charge < -0.3 is 11.1 Å². The van der Waals surface area contributed by atoms with Crippen LogP contribution in [-0.2, 0) is 32.5 Å². The summed E-state index contributed by atoms with van der Waals surface area (Å²) in [6.45, 7) is 2.28. The Kier molecular flexibility index (Phi) is 6.74. The van der Waals surface area contributed by atoms with Crippen molar-refractivity contribution in [2.45, 2.75) is 38.1 Å². The minimum atomic E-state index is -3.53. The highest BCUT2D eigenvalue weighted by molar-refractivity contribution is 7.89. The van der Waals surface area contributed by atoms with Crippen molar-refractivity contribution in [2.24, 2.45) is 10.7 Å². The van der Waals surface area contributed by atoms with E-state index in [0.717, 1.165) is 16.7 Å². The topological polar surface area (TPSA) is 146 Å². The molecule has 9 nitrogen and oxygen atoms in total. The maximum atomic E-state index is 13.0. The Labute approximate surface area is 204 Å². The molecule has 2 aromatic carbocycles. The van der Waals surface area contributed by atoms with Crippen LogP contribution in [0.15, 0.2) is 47.5 Å². The lowest BCUT2D eigenvalue weighted by Gasteiger charge is -2.34. The van der Waals surface area contributed by atoms with Crippen molar-refractivity contribution in [3.63, 3.8) is 0 Å². The van der Waals surface area contributed by atoms with Crippen LogP contribution in [0.2, 0.25) is 0 Å². The first-order chi connectivity index (χ1) is 16.6. The zero-order chi connectivity index (χ0) is 25.2. The van der Waals surface area contributed by atoms with E-state index in [9.17, 15) is 23.3 Å². The highest BCUT2D eigenvalue weighted by Crippen LogP contribution is 2.32. The third-order valence-corrected chi connectivity index (χ3v) is 8.51. The smallest absolute Gasteiger partial charge is 0.253 e. The van der Waals surface area contributed by atoms with Gasteiger partial charge in [-0.15, -0.1) is 0 Å². The minimum absolute atomic E-state index is 0.0493. The molecule has 0 saturated carbocycles. The molecule has 1 saturated heterocycles. The number of piperidine rings is 1. The van der Waals surface area contributed by atoms with Gasteiger partial charge in [0.2, 0.25) is 15.9 Å². The Morgan fingerprint density at radius 3 is 2.60 bits per heavy atom. The number of carbonyl (C=O) groups is 2. The number of amidine groups is 1. The van der Waals surface area contributed by atoms with Crippen LogP contribution in [0.4, 0.5) is 0 Å². The molecule has 1 fully saturated rings. The molecule has 2 aliphatic heterocycles. The lowest BCUT2D eigenvalue weighted by atomic mass is 9.89. The van der Waals surface area contributed by atoms with Gasteiger partial charge in [0.25, 0.3) is 5.91 Å². The van der Waals surface area contributed by atoms with Gasteiger partial charge in [0.15, 0.2) is 0 Å². The van der Waals surface area contributed by atoms with Crippen LogP contribution in [0.3, 0.4) is 0 Å². The molecule has 2 aliphatic rings. The molecule has 2 aromatic rings. The normalized spacial score (nSPS) is 17.6. The average Bonchev–Trinajstić information content (AvgIpc) is 3.13. The highest BCUT2D eigenvalue weighted by atomic mass is 32.2. The van der Waals surface area contributed by atoms with Gasteiger partial charge in [-0.2, -0.15) is 5.26 Å². The number of nitrogens with two attached hydrogens (primary N) is 1. The van der Waals surface area contributed by atoms with Crippen LogP contribution in [0.1, 0.15) is 40.7 Å². The number of rotatable bonds is 7. The molecule has 0 atom stereocenters. The van der Waals surface area contributed by atoms with E-state index in [1.165, 1.54) is 4.31 Å². The van der Waals surface area contributed by atoms with E-state index in [1.807, 2.05) is 19.1 Å². The van der Waals surface area contributed by atoms with E-state index >= 15 is 0 Å². The Balaban J connectivity index is 1.42. The van der Waals surface area contributed by atoms with Crippen molar-refractivity contribution < 1.29 is 18.0 Å². The summed E-state index contributed by atoms with van der Waals surface area (Å²) in [7, 11) is -3.53. The second-order valence-corrected chi connectivity index (χ2v) is 11.1. The molecule has 2 amide bonds. The van der Waals surface area contributed by atoms with Gasteiger partial charge in [0.05, 0.1) is 23.8 Å². The monoisotopic (exact) mass is 493 g/mol. The predicted octanol–water partition coefficient (Wildman–Crippen LogP) is 1.18. The summed E-state index contributed by atoms with van der Waals surface area (Å²) in [4.78, 5) is 28.6. The van der Waals surface area contributed by atoms with Gasteiger partial charge in [-0.25, -0.2) is 12.7 Å². The molecule has 0 radical (unpaired) electrons. The fourth-order valence-electron chi connectivity index (χ4n) is 4.62. The fraction of sp³-hybridized carbons (Fsp3) is 0.360. The Morgan fingerprint density at radius 1 is 1.23 bits per heavy atom. The summed E-state index contributed by atoms with van der Waals surface area (Å²) >= 11 is 0. The van der Waals surface area contributed by atoms with E-state index in [1.54, 1.807) is 30.3 Å². The number of hydrogen-bond donors (Lipinski definition) is 2. The summed E-state index contributed by atoms with van der Waals surface area (Å²) < 4.78 is 27.5. The number of aliphatic imine (C=N–C) groups is 1. The number of nitrogens with one attached hydrogen (secondary N) is 1. The van der Waals surface area contributed by atoms with E-state index in [-0.39, 0.29) is 44.0 Å². The summed E-state index contributed by atoms with van der Waals surface area (Å²) in [6, 6.07) is 14.5. The number of nitrogens with zero attached hydrogens (tertiary/aromatic N) is 3. The number of hydrogen-bond acceptors (Lipinski definition) is 6. The lowest BCUT2D eigenvalue weighted by molar-refractivity contribution is -0.125. The average molecular weight is 494 g/mol. The molecular formula is C25H27N5O4S. The van der Waals surface area contributed by atoms with Gasteiger partial charge in [0.1, 0.15) is 11.4 Å². The third kappa shape index (κ3) is 5.11. The van der Waals surface area contributed by atoms with Crippen molar-refractivity contribution in [1.29, 1.82) is 5.26 Å². The van der Waals surface area contributed by atoms with E-state index in [0.29, 0.717) is 23.4 Å². The molecular weight excluding hydrogens is 466 g/mol. The maximum Gasteiger partial charge on any atom is 0.253 e. The zero-order valence-corrected chi connectivity index (χ0v) is 20.3. The van der Waals surface area contributed by atoms with Gasteiger partial charge in [0, 0.05) is 18.7 Å². The SMILES string of the molecule is Cc1cc(CC(N)=O)ccc1CCS(=O)(=O)N1CCC2(CC1)N=C(c1ccccc1C#N)NC2=O. The van der Waals surface area contributed by atoms with E-state index in [4.69, 9.17) is 5.73 Å². The molecule has 0 aliphatic carbocycles. The maximum absolute atomic E-state index is 13.0. The Hall–Kier alpha value is -3.55. The first kappa shape index (κ1) is 24.6. The summed E-state index contributed by atoms with van der Waals surface area (Å²) in [5.41, 5.74) is 7.82. The van der Waals surface area contributed by atoms with E-state index in [2.05, 4.69) is 16.4 Å². The van der Waals surface area contributed by atoms with Gasteiger partial charge in [-0.1, -0.05) is 30.3 Å². The second kappa shape index (κ2) is 9.60. The van der Waals surface area contributed by atoms with Crippen LogP contribution in [0.5, 0.6) is 0 Å². The number of amides is 2. The molecule has 0 bridgehead atoms. The minimum Gasteiger partial charge on any atom is -0.369 e. The van der Waals surface area contributed by atoms with Crippen molar-refractivity contribution in [3.8, 4) is 6.07 Å². The third-order valence-electron chi connectivity index (χ3n) is 6.64. The van der Waals surface area contributed by atoms with Crippen molar-refractivity contribution >= 4 is 27.7 Å². The molecule has 2 heterocycles. The van der Waals surface area contributed by atoms with Crippen molar-refractivity contribution in [1.82, 2.24) is 9.62 Å². The summed E-state index contributed by atoms with van der Waals surface area (Å²) in [6.07, 6.45) is 1.05. The van der Waals surface area contributed by atoms with Gasteiger partial charge in [-0.3, -0.25) is 14.6 Å². The van der Waals surface area contributed by atoms with Crippen LogP contribution in [-0.4, -0.2) is 54.8 Å². The number of aryl methyl sites for hydroxylation is 2. The number of sulfonamides is 1. The van der Waals surface area contributed by atoms with Crippen LogP contribution >= 0.6 is 0 Å². The standard InChI is InChI=1S/C25H27N5O4S/c1-17-14-18(15-22(27)31)6-7-19(17)8-13-35(33,34)30-11-9-25(10-12-30)24(32)28-23(29-25)21-5-3-2-4-20(21)16-26/h2-7,14H,8-13,15H2,1H3,(H2,27,31)(H,28,29,32). The Morgan fingerprint density at radius 2 is 1.94 bits per heavy atom. The van der Waals surface area contributed by atoms with Gasteiger partial charge >= 0.3 is 0 Å². The van der Waals surface area contributed by atoms with Crippen LogP contribution in [0.25, 0.3) is 0 Å². The highest BCUT2D eigenvalue weighted by Gasteiger charge is 2.47. The first-order valence-electron chi connectivity index (χ1n) is 11.4. The van der Waals surface area contributed by atoms with E-state index < -0.39 is 21.5 Å². The van der Waals surface area contributed by atoms with Crippen molar-refractivity contribution in [2.75, 3.05) is 18.8 Å². The second-order valence-electron chi connectivity index (χ2n) is 8.97. The number of benzene rings is 2. The fourth-order valence-corrected chi connectivity index (χ4v) is 6.10. The predicted molar refractivity (Wildman–Crippen MR) is 131 cm³/mol. The largest absolute Gasteiger partial charge is 0.369 e. The first-order valence-corrected chi connectivity index (χ1v) is 13.0. The molecule has 182 valence electrons. The van der Waals surface area contributed by atoms with Gasteiger partial charge in [-0.05, 0) is 55.0 Å². The molecule has 10 heteroatoms. The van der Waals surface area contributed by atoms with Crippen LogP contribution < -0.4 is 11.1 Å². The van der Waals surface area contributed by atoms with Crippen molar-refractivity contribution in [3.05, 3.63) is 70.3 Å². The lowest BCUT2D eigenvalue weighted by Crippen LogP contribution is -2.50. The Bertz CT molecular complexity index is 1350. The van der Waals surface area contributed by atoms with Crippen LogP contribution in [0, 0.1) is 18.3 Å². The summed E-state index contributed by atoms with van der Waals surface area (Å²) in [5.74, 6) is -0.362. The quantitative estimate of drug-likeness (QED) is 0.595.